The van der Waals surface area contributed by atoms with Gasteiger partial charge in [-0.05, 0) is 6.92 Å². The highest BCUT2D eigenvalue weighted by molar-refractivity contribution is 7.66. The molecule has 0 radical (unpaired) electrons. The summed E-state index contributed by atoms with van der Waals surface area (Å²) in [5.74, 6) is -0.229. The summed E-state index contributed by atoms with van der Waals surface area (Å²) in [6.07, 6.45) is -3.57. The molecule has 1 heterocycles. The number of nitrogens with two attached hydrogens (primary N) is 1. The predicted molar refractivity (Wildman–Crippen MR) is 90.1 cm³/mol. The van der Waals surface area contributed by atoms with Gasteiger partial charge in [0.15, 0.2) is 6.23 Å². The molecule has 6 atom stereocenters. The molecule has 9 N–H and O–H groups in total. The Balaban J connectivity index is 2.77. The third-order valence-electron chi connectivity index (χ3n) is 3.13. The first-order valence-corrected chi connectivity index (χ1v) is 11.7. The molecule has 19 heteroatoms. The van der Waals surface area contributed by atoms with Gasteiger partial charge in [0.2, 0.25) is 0 Å². The minimum atomic E-state index is -5.69. The van der Waals surface area contributed by atoms with Gasteiger partial charge in [0.05, 0.1) is 12.4 Å². The van der Waals surface area contributed by atoms with Crippen molar-refractivity contribution in [1.29, 1.82) is 5.41 Å². The molecule has 0 aromatic carbocycles. The summed E-state index contributed by atoms with van der Waals surface area (Å²) in [5, 5.41) is 27.0. The molecule has 1 aliphatic heterocycles. The first kappa shape index (κ1) is 25.5. The SMILES string of the molecule is CC1(COP(=O)(O)OP(=O)(O)OP(=O)(O)O)OC(N=CCC(=N)N)C(O)C1O. The second-order valence-electron chi connectivity index (χ2n) is 5.68. The number of rotatable bonds is 10. The maximum atomic E-state index is 11.7. The molecular weight excluding hydrogens is 451 g/mol. The van der Waals surface area contributed by atoms with E-state index in [4.69, 9.17) is 30.6 Å². The van der Waals surface area contributed by atoms with E-state index in [1.807, 2.05) is 0 Å². The Kier molecular flexibility index (Phi) is 8.24. The lowest BCUT2D eigenvalue weighted by molar-refractivity contribution is -0.0946. The van der Waals surface area contributed by atoms with Crippen molar-refractivity contribution in [2.24, 2.45) is 10.7 Å². The Morgan fingerprint density at radius 1 is 1.21 bits per heavy atom. The van der Waals surface area contributed by atoms with Gasteiger partial charge >= 0.3 is 23.5 Å². The summed E-state index contributed by atoms with van der Waals surface area (Å²) >= 11 is 0. The van der Waals surface area contributed by atoms with Crippen LogP contribution >= 0.6 is 23.5 Å². The van der Waals surface area contributed by atoms with Crippen LogP contribution in [0.5, 0.6) is 0 Å². The van der Waals surface area contributed by atoms with E-state index in [0.717, 1.165) is 13.1 Å². The second kappa shape index (κ2) is 9.06. The Morgan fingerprint density at radius 3 is 2.29 bits per heavy atom. The smallest absolute Gasteiger partial charge is 0.387 e. The van der Waals surface area contributed by atoms with E-state index >= 15 is 0 Å². The van der Waals surface area contributed by atoms with Crippen LogP contribution in [0.25, 0.3) is 0 Å². The average Bonchev–Trinajstić information content (AvgIpc) is 2.66. The van der Waals surface area contributed by atoms with Crippen LogP contribution in [-0.4, -0.2) is 72.5 Å². The third-order valence-corrected chi connectivity index (χ3v) is 6.91. The summed E-state index contributed by atoms with van der Waals surface area (Å²) in [6, 6.07) is 0. The van der Waals surface area contributed by atoms with Gasteiger partial charge in [-0.3, -0.25) is 14.9 Å². The van der Waals surface area contributed by atoms with Gasteiger partial charge in [-0.25, -0.2) is 13.7 Å². The molecule has 0 aliphatic carbocycles. The van der Waals surface area contributed by atoms with E-state index in [-0.39, 0.29) is 12.3 Å². The van der Waals surface area contributed by atoms with Crippen LogP contribution in [0.3, 0.4) is 0 Å². The quantitative estimate of drug-likeness (QED) is 0.103. The molecule has 0 spiro atoms. The van der Waals surface area contributed by atoms with Crippen LogP contribution in [0.1, 0.15) is 13.3 Å². The number of phosphoric ester groups is 1. The lowest BCUT2D eigenvalue weighted by atomic mass is 9.99. The Hall–Kier alpha value is -0.570. The van der Waals surface area contributed by atoms with Crippen LogP contribution in [0.2, 0.25) is 0 Å². The highest BCUT2D eigenvalue weighted by atomic mass is 31.3. The van der Waals surface area contributed by atoms with Crippen molar-refractivity contribution in [3.63, 3.8) is 0 Å². The third kappa shape index (κ3) is 8.05. The maximum absolute atomic E-state index is 11.7. The molecule has 6 unspecified atom stereocenters. The van der Waals surface area contributed by atoms with Crippen molar-refractivity contribution in [3.8, 4) is 0 Å². The van der Waals surface area contributed by atoms with Crippen molar-refractivity contribution in [1.82, 2.24) is 0 Å². The van der Waals surface area contributed by atoms with Gasteiger partial charge in [-0.2, -0.15) is 8.62 Å². The number of ether oxygens (including phenoxy) is 1. The zero-order valence-electron chi connectivity index (χ0n) is 14.1. The number of nitrogens with one attached hydrogen (secondary N) is 1. The molecule has 1 fully saturated rings. The number of phosphoric acid groups is 3. The molecule has 1 rings (SSSR count). The minimum absolute atomic E-state index is 0.0685. The normalized spacial score (nSPS) is 32.9. The first-order chi connectivity index (χ1) is 12.5. The van der Waals surface area contributed by atoms with Crippen molar-refractivity contribution in [2.75, 3.05) is 6.61 Å². The van der Waals surface area contributed by atoms with Gasteiger partial charge < -0.3 is 40.3 Å². The molecule has 0 aromatic heterocycles. The van der Waals surface area contributed by atoms with E-state index < -0.39 is 54.1 Å². The van der Waals surface area contributed by atoms with Gasteiger partial charge in [0.25, 0.3) is 0 Å². The van der Waals surface area contributed by atoms with E-state index in [1.165, 1.54) is 0 Å². The topological polar surface area (TPSA) is 272 Å². The van der Waals surface area contributed by atoms with E-state index in [9.17, 15) is 28.8 Å². The van der Waals surface area contributed by atoms with Gasteiger partial charge in [0.1, 0.15) is 17.8 Å². The van der Waals surface area contributed by atoms with E-state index in [1.54, 1.807) is 0 Å². The lowest BCUT2D eigenvalue weighted by Crippen LogP contribution is -2.44. The first-order valence-electron chi connectivity index (χ1n) is 7.13. The number of hydrogen-bond acceptors (Lipinski definition) is 11. The fourth-order valence-corrected chi connectivity index (χ4v) is 5.05. The number of aliphatic hydroxyl groups is 2. The fraction of sp³-hybridized carbons (Fsp3) is 0.778. The standard InChI is InChI=1S/C9H20N3O13P3/c1-9(7(14)6(13)8(23-9)12-3-2-5(10)11)4-22-27(18,19)25-28(20,21)24-26(15,16)17/h3,6-8,13-14H,2,4H2,1H3,(H3,10,11)(H,18,19)(H,20,21)(H2,15,16,17). The van der Waals surface area contributed by atoms with Gasteiger partial charge in [-0.1, -0.05) is 0 Å². The van der Waals surface area contributed by atoms with E-state index in [0.29, 0.717) is 0 Å². The minimum Gasteiger partial charge on any atom is -0.387 e. The van der Waals surface area contributed by atoms with Crippen LogP contribution in [0, 0.1) is 5.41 Å². The highest BCUT2D eigenvalue weighted by Gasteiger charge is 2.53. The lowest BCUT2D eigenvalue weighted by Gasteiger charge is -2.27. The van der Waals surface area contributed by atoms with Crippen LogP contribution in [0.4, 0.5) is 0 Å². The second-order valence-corrected chi connectivity index (χ2v) is 10.1. The molecule has 0 bridgehead atoms. The number of amidine groups is 1. The van der Waals surface area contributed by atoms with Crippen molar-refractivity contribution < 1.29 is 61.4 Å². The van der Waals surface area contributed by atoms with Crippen molar-refractivity contribution >= 4 is 35.5 Å². The number of hydrogen-bond donors (Lipinski definition) is 8. The molecule has 28 heavy (non-hydrogen) atoms. The maximum Gasteiger partial charge on any atom is 0.490 e. The number of aliphatic hydroxyl groups excluding tert-OH is 2. The monoisotopic (exact) mass is 471 g/mol. The van der Waals surface area contributed by atoms with Crippen LogP contribution < -0.4 is 5.73 Å². The molecule has 164 valence electrons. The van der Waals surface area contributed by atoms with Crippen LogP contribution in [0.15, 0.2) is 4.99 Å². The summed E-state index contributed by atoms with van der Waals surface area (Å²) in [6.45, 7) is 0.166. The summed E-state index contributed by atoms with van der Waals surface area (Å²) in [4.78, 5) is 39.1. The Morgan fingerprint density at radius 2 is 1.79 bits per heavy atom. The van der Waals surface area contributed by atoms with Gasteiger partial charge in [0, 0.05) is 12.6 Å². The predicted octanol–water partition coefficient (Wildman–Crippen LogP) is -1.44. The average molecular weight is 471 g/mol. The summed E-state index contributed by atoms with van der Waals surface area (Å²) in [5.41, 5.74) is 3.28. The molecular formula is C9H20N3O13P3. The molecule has 16 nitrogen and oxygen atoms in total. The molecule has 0 aromatic rings. The summed E-state index contributed by atoms with van der Waals surface area (Å²) < 4.78 is 50.2. The molecule has 0 amide bonds. The van der Waals surface area contributed by atoms with Gasteiger partial charge in [-0.15, -0.1) is 0 Å². The summed E-state index contributed by atoms with van der Waals surface area (Å²) in [7, 11) is -16.7. The van der Waals surface area contributed by atoms with Crippen molar-refractivity contribution in [3.05, 3.63) is 0 Å². The molecule has 1 aliphatic rings. The van der Waals surface area contributed by atoms with Crippen LogP contribution in [-0.2, 0) is 31.6 Å². The highest BCUT2D eigenvalue weighted by Crippen LogP contribution is 2.66. The fourth-order valence-electron chi connectivity index (χ4n) is 1.94. The number of nitrogens with zero attached hydrogens (tertiary/aromatic N) is 1. The molecule has 0 saturated carbocycles. The zero-order chi connectivity index (χ0) is 22.0. The largest absolute Gasteiger partial charge is 0.490 e. The molecule has 1 saturated heterocycles. The Labute approximate surface area is 157 Å². The number of aliphatic imine (C=N–C) groups is 1. The van der Waals surface area contributed by atoms with E-state index in [2.05, 4.69) is 18.1 Å². The zero-order valence-corrected chi connectivity index (χ0v) is 16.8. The van der Waals surface area contributed by atoms with Crippen molar-refractivity contribution in [2.45, 2.75) is 37.4 Å². The Bertz CT molecular complexity index is 755.